The van der Waals surface area contributed by atoms with E-state index in [0.29, 0.717) is 11.7 Å². The molecule has 0 bridgehead atoms. The Labute approximate surface area is 165 Å². The van der Waals surface area contributed by atoms with E-state index in [4.69, 9.17) is 4.98 Å². The van der Waals surface area contributed by atoms with Gasteiger partial charge in [0.15, 0.2) is 0 Å². The first-order chi connectivity index (χ1) is 12.7. The predicted octanol–water partition coefficient (Wildman–Crippen LogP) is 6.31. The lowest BCUT2D eigenvalue weighted by atomic mass is 9.80. The first kappa shape index (κ1) is 17.8. The third-order valence-corrected chi connectivity index (χ3v) is 5.69. The van der Waals surface area contributed by atoms with Crippen LogP contribution in [0.3, 0.4) is 0 Å². The molecular formula is C24H22ClNO. The van der Waals surface area contributed by atoms with E-state index in [-0.39, 0.29) is 12.4 Å². The summed E-state index contributed by atoms with van der Waals surface area (Å²) in [6.07, 6.45) is 3.26. The highest BCUT2D eigenvalue weighted by Crippen LogP contribution is 2.41. The second-order valence-electron chi connectivity index (χ2n) is 7.46. The normalized spacial score (nSPS) is 16.1. The Hall–Kier alpha value is -2.58. The Balaban J connectivity index is 0.00000180. The summed E-state index contributed by atoms with van der Waals surface area (Å²) in [6, 6.07) is 20.4. The minimum atomic E-state index is 0. The first-order valence-electron chi connectivity index (χ1n) is 9.34. The molecule has 1 aliphatic carbocycles. The molecule has 2 nitrogen and oxygen atoms in total. The predicted molar refractivity (Wildman–Crippen MR) is 115 cm³/mol. The van der Waals surface area contributed by atoms with Crippen molar-refractivity contribution < 1.29 is 5.11 Å². The molecule has 1 aromatic heterocycles. The maximum absolute atomic E-state index is 10.4. The summed E-state index contributed by atoms with van der Waals surface area (Å²) < 4.78 is 0. The number of phenols is 1. The van der Waals surface area contributed by atoms with Crippen LogP contribution >= 0.6 is 12.4 Å². The van der Waals surface area contributed by atoms with Gasteiger partial charge < -0.3 is 5.11 Å². The van der Waals surface area contributed by atoms with Gasteiger partial charge in [0.05, 0.1) is 11.2 Å². The first-order valence-corrected chi connectivity index (χ1v) is 9.34. The molecule has 27 heavy (non-hydrogen) atoms. The largest absolute Gasteiger partial charge is 0.507 e. The summed E-state index contributed by atoms with van der Waals surface area (Å²) in [7, 11) is 0. The molecule has 0 spiro atoms. The van der Waals surface area contributed by atoms with Crippen LogP contribution in [-0.2, 0) is 12.8 Å². The molecule has 1 unspecified atom stereocenters. The van der Waals surface area contributed by atoms with Crippen molar-refractivity contribution in [2.45, 2.75) is 26.2 Å². The molecule has 136 valence electrons. The summed E-state index contributed by atoms with van der Waals surface area (Å²) in [5.74, 6) is 0.977. The Morgan fingerprint density at radius 2 is 1.70 bits per heavy atom. The van der Waals surface area contributed by atoms with Crippen molar-refractivity contribution >= 4 is 34.1 Å². The number of pyridine rings is 1. The molecule has 0 radical (unpaired) electrons. The van der Waals surface area contributed by atoms with Crippen molar-refractivity contribution in [3.05, 3.63) is 71.8 Å². The molecule has 0 saturated carbocycles. The zero-order valence-electron chi connectivity index (χ0n) is 15.3. The fraction of sp³-hybridized carbons (Fsp3) is 0.208. The Kier molecular flexibility index (Phi) is 4.53. The van der Waals surface area contributed by atoms with Crippen molar-refractivity contribution in [1.29, 1.82) is 0 Å². The molecule has 1 aliphatic rings. The van der Waals surface area contributed by atoms with E-state index >= 15 is 0 Å². The molecule has 0 fully saturated rings. The number of nitrogens with zero attached hydrogens (tertiary/aromatic N) is 1. The maximum Gasteiger partial charge on any atom is 0.124 e. The lowest BCUT2D eigenvalue weighted by molar-refractivity contribution is 0.476. The number of hydrogen-bond donors (Lipinski definition) is 1. The number of benzene rings is 3. The molecule has 5 rings (SSSR count). The molecule has 3 heteroatoms. The van der Waals surface area contributed by atoms with Gasteiger partial charge in [-0.15, -0.1) is 12.4 Å². The van der Waals surface area contributed by atoms with Crippen molar-refractivity contribution in [1.82, 2.24) is 4.98 Å². The summed E-state index contributed by atoms with van der Waals surface area (Å²) in [5, 5.41) is 14.3. The van der Waals surface area contributed by atoms with Gasteiger partial charge in [-0.3, -0.25) is 0 Å². The van der Waals surface area contributed by atoms with Crippen LogP contribution in [0.1, 0.15) is 24.5 Å². The highest BCUT2D eigenvalue weighted by atomic mass is 35.5. The second-order valence-corrected chi connectivity index (χ2v) is 7.46. The van der Waals surface area contributed by atoms with Crippen LogP contribution in [0.4, 0.5) is 0 Å². The monoisotopic (exact) mass is 375 g/mol. The zero-order valence-corrected chi connectivity index (χ0v) is 16.1. The molecule has 3 aromatic carbocycles. The molecule has 1 N–H and O–H groups in total. The quantitative estimate of drug-likeness (QED) is 0.395. The van der Waals surface area contributed by atoms with Gasteiger partial charge in [0.2, 0.25) is 0 Å². The standard InChI is InChI=1S/C24H21NO.ClH/c1-15-10-12-18-20(14-15)23-17-7-3-2-6-16(17)11-13-21(23)25-24(18)19-8-4-5-9-22(19)26;/h2-9,11,13,15,26H,10,12,14H2,1H3;1H. The number of halogens is 1. The molecule has 0 amide bonds. The third kappa shape index (κ3) is 2.85. The van der Waals surface area contributed by atoms with Gasteiger partial charge >= 0.3 is 0 Å². The van der Waals surface area contributed by atoms with Gasteiger partial charge in [-0.1, -0.05) is 49.4 Å². The summed E-state index contributed by atoms with van der Waals surface area (Å²) in [5.41, 5.74) is 5.55. The average Bonchev–Trinajstić information content (AvgIpc) is 2.67. The van der Waals surface area contributed by atoms with Gasteiger partial charge in [0.25, 0.3) is 0 Å². The number of para-hydroxylation sites is 1. The Morgan fingerprint density at radius 1 is 0.926 bits per heavy atom. The zero-order chi connectivity index (χ0) is 17.7. The van der Waals surface area contributed by atoms with E-state index in [9.17, 15) is 5.11 Å². The highest BCUT2D eigenvalue weighted by molar-refractivity contribution is 6.09. The molecule has 0 saturated heterocycles. The van der Waals surface area contributed by atoms with Gasteiger partial charge in [-0.2, -0.15) is 0 Å². The van der Waals surface area contributed by atoms with Crippen LogP contribution in [-0.4, -0.2) is 10.1 Å². The van der Waals surface area contributed by atoms with Crippen LogP contribution in [0.2, 0.25) is 0 Å². The number of hydrogen-bond acceptors (Lipinski definition) is 2. The lowest BCUT2D eigenvalue weighted by Crippen LogP contribution is -2.14. The van der Waals surface area contributed by atoms with Crippen molar-refractivity contribution in [2.75, 3.05) is 0 Å². The van der Waals surface area contributed by atoms with E-state index in [0.717, 1.165) is 29.6 Å². The highest BCUT2D eigenvalue weighted by Gasteiger charge is 2.24. The van der Waals surface area contributed by atoms with Crippen LogP contribution in [0.25, 0.3) is 32.9 Å². The Morgan fingerprint density at radius 3 is 2.56 bits per heavy atom. The molecule has 0 aliphatic heterocycles. The average molecular weight is 376 g/mol. The maximum atomic E-state index is 10.4. The number of phenolic OH excluding ortho intramolecular Hbond substituents is 1. The smallest absolute Gasteiger partial charge is 0.124 e. The fourth-order valence-electron chi connectivity index (χ4n) is 4.38. The van der Waals surface area contributed by atoms with Gasteiger partial charge in [-0.05, 0) is 65.3 Å². The molecule has 1 heterocycles. The van der Waals surface area contributed by atoms with E-state index in [2.05, 4.69) is 43.3 Å². The van der Waals surface area contributed by atoms with E-state index in [1.807, 2.05) is 18.2 Å². The summed E-state index contributed by atoms with van der Waals surface area (Å²) in [6.45, 7) is 2.33. The van der Waals surface area contributed by atoms with Crippen LogP contribution in [0.15, 0.2) is 60.7 Å². The second kappa shape index (κ2) is 6.86. The SMILES string of the molecule is CC1CCc2c(-c3ccccc3O)nc3ccc4ccccc4c3c2C1.Cl. The van der Waals surface area contributed by atoms with Crippen molar-refractivity contribution in [3.63, 3.8) is 0 Å². The van der Waals surface area contributed by atoms with E-state index in [1.165, 1.54) is 33.7 Å². The van der Waals surface area contributed by atoms with E-state index in [1.54, 1.807) is 6.07 Å². The molecule has 4 aromatic rings. The Bertz CT molecular complexity index is 1150. The lowest BCUT2D eigenvalue weighted by Gasteiger charge is -2.26. The topological polar surface area (TPSA) is 33.1 Å². The van der Waals surface area contributed by atoms with Crippen molar-refractivity contribution in [2.24, 2.45) is 5.92 Å². The number of aromatic hydroxyl groups is 1. The molecular weight excluding hydrogens is 354 g/mol. The van der Waals surface area contributed by atoms with Gasteiger partial charge in [0, 0.05) is 10.9 Å². The summed E-state index contributed by atoms with van der Waals surface area (Å²) in [4.78, 5) is 5.03. The fourth-order valence-corrected chi connectivity index (χ4v) is 4.38. The van der Waals surface area contributed by atoms with Crippen molar-refractivity contribution in [3.8, 4) is 17.0 Å². The molecule has 1 atom stereocenters. The van der Waals surface area contributed by atoms with E-state index < -0.39 is 0 Å². The summed E-state index contributed by atoms with van der Waals surface area (Å²) >= 11 is 0. The number of rotatable bonds is 1. The minimum Gasteiger partial charge on any atom is -0.507 e. The van der Waals surface area contributed by atoms with Gasteiger partial charge in [0.1, 0.15) is 5.75 Å². The number of aromatic nitrogens is 1. The van der Waals surface area contributed by atoms with Crippen LogP contribution in [0, 0.1) is 5.92 Å². The van der Waals surface area contributed by atoms with Crippen LogP contribution in [0.5, 0.6) is 5.75 Å². The minimum absolute atomic E-state index is 0. The van der Waals surface area contributed by atoms with Crippen LogP contribution < -0.4 is 0 Å². The number of fused-ring (bicyclic) bond motifs is 5. The van der Waals surface area contributed by atoms with Gasteiger partial charge in [-0.25, -0.2) is 4.98 Å². The third-order valence-electron chi connectivity index (χ3n) is 5.69.